The van der Waals surface area contributed by atoms with Crippen LogP contribution in [0.5, 0.6) is 5.75 Å². The number of aromatic hydroxyl groups is 1. The molecule has 146 valence electrons. The van der Waals surface area contributed by atoms with Crippen molar-refractivity contribution in [3.8, 4) is 5.75 Å². The minimum Gasteiger partial charge on any atom is -0.503 e. The van der Waals surface area contributed by atoms with Gasteiger partial charge in [-0.1, -0.05) is 13.0 Å². The van der Waals surface area contributed by atoms with Gasteiger partial charge in [-0.3, -0.25) is 14.2 Å². The van der Waals surface area contributed by atoms with Gasteiger partial charge >= 0.3 is 5.97 Å². The van der Waals surface area contributed by atoms with Gasteiger partial charge in [0, 0.05) is 22.7 Å². The highest BCUT2D eigenvalue weighted by molar-refractivity contribution is 6.05. The number of carbonyl (C=O) groups is 2. The van der Waals surface area contributed by atoms with Crippen LogP contribution in [0.2, 0.25) is 0 Å². The van der Waals surface area contributed by atoms with Gasteiger partial charge in [-0.05, 0) is 37.1 Å². The van der Waals surface area contributed by atoms with Crippen molar-refractivity contribution in [2.45, 2.75) is 26.2 Å². The number of rotatable bonds is 4. The molecule has 28 heavy (non-hydrogen) atoms. The second-order valence-corrected chi connectivity index (χ2v) is 6.36. The number of benzene rings is 2. The van der Waals surface area contributed by atoms with Gasteiger partial charge in [-0.2, -0.15) is 0 Å². The van der Waals surface area contributed by atoms with Gasteiger partial charge in [0.05, 0.1) is 11.4 Å². The Morgan fingerprint density at radius 2 is 1.86 bits per heavy atom. The summed E-state index contributed by atoms with van der Waals surface area (Å²) in [6, 6.07) is 5.50. The predicted molar refractivity (Wildman–Crippen MR) is 95.1 cm³/mol. The standard InChI is InChI=1S/C20H16F3NO4/c1-3-12(20(27)28)15-9(2)24(19(26)10-5-4-6-11(21)7-10)14-8-13(22)18(25)17(23)16(14)15/h4-8,12,25H,3H2,1-2H3,(H,27,28). The van der Waals surface area contributed by atoms with E-state index in [9.17, 15) is 33.0 Å². The third kappa shape index (κ3) is 2.90. The summed E-state index contributed by atoms with van der Waals surface area (Å²) >= 11 is 0. The molecule has 3 aromatic rings. The van der Waals surface area contributed by atoms with Crippen molar-refractivity contribution < 1.29 is 33.0 Å². The lowest BCUT2D eigenvalue weighted by Crippen LogP contribution is -2.16. The average Bonchev–Trinajstić information content (AvgIpc) is 2.92. The summed E-state index contributed by atoms with van der Waals surface area (Å²) in [6.07, 6.45) is 0.0705. The van der Waals surface area contributed by atoms with Gasteiger partial charge in [0.1, 0.15) is 5.82 Å². The van der Waals surface area contributed by atoms with E-state index in [0.29, 0.717) is 0 Å². The number of aliphatic carboxylic acids is 1. The van der Waals surface area contributed by atoms with Gasteiger partial charge in [0.15, 0.2) is 17.4 Å². The summed E-state index contributed by atoms with van der Waals surface area (Å²) in [7, 11) is 0. The van der Waals surface area contributed by atoms with Crippen molar-refractivity contribution in [1.82, 2.24) is 4.57 Å². The molecule has 8 heteroatoms. The zero-order chi connectivity index (χ0) is 20.7. The lowest BCUT2D eigenvalue weighted by molar-refractivity contribution is -0.138. The smallest absolute Gasteiger partial charge is 0.311 e. The number of halogens is 3. The van der Waals surface area contributed by atoms with Gasteiger partial charge in [-0.25, -0.2) is 13.2 Å². The minimum absolute atomic E-state index is 0.0393. The molecular weight excluding hydrogens is 375 g/mol. The first-order chi connectivity index (χ1) is 13.2. The zero-order valence-corrected chi connectivity index (χ0v) is 15.0. The Morgan fingerprint density at radius 3 is 2.43 bits per heavy atom. The second kappa shape index (κ2) is 7.03. The Kier molecular flexibility index (Phi) is 4.89. The largest absolute Gasteiger partial charge is 0.503 e. The summed E-state index contributed by atoms with van der Waals surface area (Å²) in [4.78, 5) is 24.7. The molecule has 0 bridgehead atoms. The highest BCUT2D eigenvalue weighted by Gasteiger charge is 2.32. The number of carboxylic acid groups (broad SMARTS) is 1. The molecule has 1 aromatic heterocycles. The normalized spacial score (nSPS) is 12.3. The Labute approximate surface area is 157 Å². The maximum Gasteiger partial charge on any atom is 0.311 e. The highest BCUT2D eigenvalue weighted by atomic mass is 19.1. The fraction of sp³-hybridized carbons (Fsp3) is 0.200. The number of hydrogen-bond acceptors (Lipinski definition) is 3. The number of phenolic OH excluding ortho intramolecular Hbond substituents is 1. The molecule has 2 N–H and O–H groups in total. The molecule has 0 aliphatic carbocycles. The molecule has 5 nitrogen and oxygen atoms in total. The van der Waals surface area contributed by atoms with Crippen LogP contribution in [-0.2, 0) is 4.79 Å². The molecule has 0 spiro atoms. The van der Waals surface area contributed by atoms with Crippen LogP contribution in [0.3, 0.4) is 0 Å². The van der Waals surface area contributed by atoms with E-state index in [2.05, 4.69) is 0 Å². The summed E-state index contributed by atoms with van der Waals surface area (Å²) in [6.45, 7) is 2.96. The quantitative estimate of drug-likeness (QED) is 0.694. The van der Waals surface area contributed by atoms with Crippen molar-refractivity contribution in [2.24, 2.45) is 0 Å². The molecular formula is C20H16F3NO4. The summed E-state index contributed by atoms with van der Waals surface area (Å²) in [5, 5.41) is 18.8. The number of nitrogens with zero attached hydrogens (tertiary/aromatic N) is 1. The topological polar surface area (TPSA) is 79.5 Å². The van der Waals surface area contributed by atoms with Crippen LogP contribution in [0.15, 0.2) is 30.3 Å². The second-order valence-electron chi connectivity index (χ2n) is 6.36. The van der Waals surface area contributed by atoms with Crippen LogP contribution in [-0.4, -0.2) is 26.7 Å². The number of carbonyl (C=O) groups excluding carboxylic acids is 1. The van der Waals surface area contributed by atoms with Crippen LogP contribution >= 0.6 is 0 Å². The van der Waals surface area contributed by atoms with Crippen LogP contribution in [0.4, 0.5) is 13.2 Å². The van der Waals surface area contributed by atoms with Crippen molar-refractivity contribution in [1.29, 1.82) is 0 Å². The fourth-order valence-electron chi connectivity index (χ4n) is 3.45. The SMILES string of the molecule is CCC(C(=O)O)c1c(C)n(C(=O)c2cccc(F)c2)c2cc(F)c(O)c(F)c12. The minimum atomic E-state index is -1.35. The van der Waals surface area contributed by atoms with E-state index in [-0.39, 0.29) is 34.1 Å². The molecule has 0 amide bonds. The number of carboxylic acids is 1. The summed E-state index contributed by atoms with van der Waals surface area (Å²) < 4.78 is 43.2. The van der Waals surface area contributed by atoms with Crippen molar-refractivity contribution in [2.75, 3.05) is 0 Å². The van der Waals surface area contributed by atoms with Gasteiger partial charge in [0.2, 0.25) is 0 Å². The molecule has 0 radical (unpaired) electrons. The van der Waals surface area contributed by atoms with Crippen molar-refractivity contribution >= 4 is 22.8 Å². The van der Waals surface area contributed by atoms with Crippen LogP contribution in [0.1, 0.15) is 40.9 Å². The van der Waals surface area contributed by atoms with Crippen LogP contribution in [0, 0.1) is 24.4 Å². The van der Waals surface area contributed by atoms with Gasteiger partial charge in [-0.15, -0.1) is 0 Å². The van der Waals surface area contributed by atoms with E-state index >= 15 is 0 Å². The first-order valence-corrected chi connectivity index (χ1v) is 8.43. The van der Waals surface area contributed by atoms with Crippen molar-refractivity contribution in [3.63, 3.8) is 0 Å². The Bertz CT molecular complexity index is 1120. The van der Waals surface area contributed by atoms with Crippen LogP contribution in [0.25, 0.3) is 10.9 Å². The Morgan fingerprint density at radius 1 is 1.18 bits per heavy atom. The van der Waals surface area contributed by atoms with E-state index < -0.39 is 41.0 Å². The third-order valence-corrected chi connectivity index (χ3v) is 4.74. The first kappa shape index (κ1) is 19.5. The molecule has 3 rings (SSSR count). The molecule has 1 unspecified atom stereocenters. The maximum absolute atomic E-state index is 14.7. The fourth-order valence-corrected chi connectivity index (χ4v) is 3.45. The molecule has 1 atom stereocenters. The zero-order valence-electron chi connectivity index (χ0n) is 15.0. The third-order valence-electron chi connectivity index (χ3n) is 4.74. The highest BCUT2D eigenvalue weighted by Crippen LogP contribution is 2.39. The number of fused-ring (bicyclic) bond motifs is 1. The van der Waals surface area contributed by atoms with Gasteiger partial charge < -0.3 is 10.2 Å². The first-order valence-electron chi connectivity index (χ1n) is 8.43. The number of phenols is 1. The maximum atomic E-state index is 14.7. The van der Waals surface area contributed by atoms with E-state index in [1.807, 2.05) is 0 Å². The monoisotopic (exact) mass is 391 g/mol. The number of aromatic nitrogens is 1. The number of hydrogen-bond donors (Lipinski definition) is 2. The van der Waals surface area contributed by atoms with Crippen molar-refractivity contribution in [3.05, 3.63) is 64.6 Å². The van der Waals surface area contributed by atoms with Crippen LogP contribution < -0.4 is 0 Å². The molecule has 0 saturated heterocycles. The Balaban J connectivity index is 2.42. The Hall–Kier alpha value is -3.29. The van der Waals surface area contributed by atoms with Gasteiger partial charge in [0.25, 0.3) is 5.91 Å². The predicted octanol–water partition coefficient (Wildman–Crippen LogP) is 4.34. The van der Waals surface area contributed by atoms with E-state index in [1.165, 1.54) is 19.1 Å². The lowest BCUT2D eigenvalue weighted by Gasteiger charge is -2.12. The van der Waals surface area contributed by atoms with E-state index in [1.54, 1.807) is 6.92 Å². The van der Waals surface area contributed by atoms with E-state index in [0.717, 1.165) is 22.8 Å². The molecule has 1 heterocycles. The molecule has 0 saturated carbocycles. The summed E-state index contributed by atoms with van der Waals surface area (Å²) in [5.74, 6) is -7.81. The molecule has 0 aliphatic rings. The lowest BCUT2D eigenvalue weighted by atomic mass is 9.93. The molecule has 0 fully saturated rings. The average molecular weight is 391 g/mol. The van der Waals surface area contributed by atoms with E-state index in [4.69, 9.17) is 0 Å². The molecule has 0 aliphatic heterocycles. The molecule has 2 aromatic carbocycles. The summed E-state index contributed by atoms with van der Waals surface area (Å²) in [5.41, 5.74) is -0.289.